The van der Waals surface area contributed by atoms with Crippen molar-refractivity contribution in [2.45, 2.75) is 31.3 Å². The molecule has 4 heterocycles. The molecule has 3 aromatic rings. The van der Waals surface area contributed by atoms with Crippen molar-refractivity contribution in [3.8, 4) is 0 Å². The number of pyridine rings is 1. The first-order chi connectivity index (χ1) is 11.0. The van der Waals surface area contributed by atoms with Crippen molar-refractivity contribution >= 4 is 15.5 Å². The fourth-order valence-corrected chi connectivity index (χ4v) is 4.62. The summed E-state index contributed by atoms with van der Waals surface area (Å²) in [7, 11) is -3.06. The Hall–Kier alpha value is -2.12. The minimum Gasteiger partial charge on any atom is -0.362 e. The van der Waals surface area contributed by atoms with Crippen molar-refractivity contribution < 1.29 is 8.42 Å². The number of nitrogens with one attached hydrogen (secondary N) is 2. The zero-order valence-corrected chi connectivity index (χ0v) is 13.7. The third-order valence-corrected chi connectivity index (χ3v) is 6.03. The molecule has 0 fully saturated rings. The quantitative estimate of drug-likeness (QED) is 0.761. The molecule has 0 saturated heterocycles. The molecule has 3 aromatic heterocycles. The Morgan fingerprint density at radius 2 is 2.17 bits per heavy atom. The molecule has 2 N–H and O–H groups in total. The number of imidazole rings is 1. The summed E-state index contributed by atoms with van der Waals surface area (Å²) in [6.07, 6.45) is 6.28. The van der Waals surface area contributed by atoms with E-state index in [9.17, 15) is 8.42 Å². The maximum atomic E-state index is 11.8. The summed E-state index contributed by atoms with van der Waals surface area (Å²) in [5.74, 6) is 0.227. The smallest absolute Gasteiger partial charge is 0.180 e. The average Bonchev–Trinajstić information content (AvgIpc) is 3.15. The summed E-state index contributed by atoms with van der Waals surface area (Å²) >= 11 is 0. The zero-order valence-electron chi connectivity index (χ0n) is 12.8. The number of sulfone groups is 1. The molecule has 0 aliphatic carbocycles. The van der Waals surface area contributed by atoms with Crippen LogP contribution in [0.4, 0.5) is 0 Å². The van der Waals surface area contributed by atoms with Crippen molar-refractivity contribution in [3.63, 3.8) is 0 Å². The van der Waals surface area contributed by atoms with Crippen LogP contribution in [0.3, 0.4) is 0 Å². The van der Waals surface area contributed by atoms with E-state index < -0.39 is 9.84 Å². The van der Waals surface area contributed by atoms with Crippen LogP contribution >= 0.6 is 0 Å². The Morgan fingerprint density at radius 3 is 3.04 bits per heavy atom. The topological polar surface area (TPSA) is 79.3 Å². The van der Waals surface area contributed by atoms with Gasteiger partial charge in [-0.1, -0.05) is 6.07 Å². The molecule has 0 radical (unpaired) electrons. The second-order valence-corrected chi connectivity index (χ2v) is 8.06. The maximum Gasteiger partial charge on any atom is 0.180 e. The third kappa shape index (κ3) is 2.55. The Kier molecular flexibility index (Phi) is 3.28. The molecule has 0 bridgehead atoms. The molecule has 0 unspecified atom stereocenters. The highest BCUT2D eigenvalue weighted by Crippen LogP contribution is 2.28. The van der Waals surface area contributed by atoms with Crippen LogP contribution in [0.2, 0.25) is 0 Å². The van der Waals surface area contributed by atoms with E-state index in [1.165, 1.54) is 5.56 Å². The van der Waals surface area contributed by atoms with Crippen LogP contribution in [-0.2, 0) is 29.3 Å². The fourth-order valence-electron chi connectivity index (χ4n) is 3.09. The fraction of sp³-hybridized carbons (Fsp3) is 0.312. The van der Waals surface area contributed by atoms with Crippen molar-refractivity contribution in [1.29, 1.82) is 0 Å². The molecule has 0 saturated carbocycles. The summed E-state index contributed by atoms with van der Waals surface area (Å²) in [4.78, 5) is 8.12. The van der Waals surface area contributed by atoms with E-state index in [-0.39, 0.29) is 5.75 Å². The highest BCUT2D eigenvalue weighted by molar-refractivity contribution is 7.91. The van der Waals surface area contributed by atoms with Gasteiger partial charge >= 0.3 is 0 Å². The van der Waals surface area contributed by atoms with Gasteiger partial charge in [0.1, 0.15) is 5.65 Å². The molecule has 23 heavy (non-hydrogen) atoms. The summed E-state index contributed by atoms with van der Waals surface area (Å²) in [5.41, 5.74) is 4.98. The van der Waals surface area contributed by atoms with Crippen LogP contribution < -0.4 is 5.32 Å². The number of rotatable bonds is 4. The first kappa shape index (κ1) is 14.5. The van der Waals surface area contributed by atoms with Gasteiger partial charge in [-0.3, -0.25) is 0 Å². The van der Waals surface area contributed by atoms with Crippen LogP contribution in [0.15, 0.2) is 35.6 Å². The molecule has 4 rings (SSSR count). The average molecular weight is 330 g/mol. The van der Waals surface area contributed by atoms with Gasteiger partial charge in [-0.05, 0) is 30.5 Å². The minimum atomic E-state index is -3.06. The lowest BCUT2D eigenvalue weighted by Gasteiger charge is -2.02. The largest absolute Gasteiger partial charge is 0.362 e. The van der Waals surface area contributed by atoms with E-state index >= 15 is 0 Å². The number of hydrogen-bond acceptors (Lipinski definition) is 4. The van der Waals surface area contributed by atoms with E-state index in [0.717, 1.165) is 22.6 Å². The molecule has 7 heteroatoms. The first-order valence-corrected chi connectivity index (χ1v) is 9.25. The van der Waals surface area contributed by atoms with Crippen molar-refractivity contribution in [2.75, 3.05) is 5.75 Å². The van der Waals surface area contributed by atoms with E-state index in [2.05, 4.69) is 28.4 Å². The number of fused-ring (bicyclic) bond motifs is 2. The van der Waals surface area contributed by atoms with E-state index in [1.54, 1.807) is 6.20 Å². The van der Waals surface area contributed by atoms with Crippen LogP contribution in [0.25, 0.3) is 5.65 Å². The molecule has 0 amide bonds. The number of hydrogen-bond donors (Lipinski definition) is 2. The molecule has 1 aliphatic rings. The molecule has 120 valence electrons. The van der Waals surface area contributed by atoms with E-state index in [0.29, 0.717) is 24.4 Å². The lowest BCUT2D eigenvalue weighted by atomic mass is 10.2. The van der Waals surface area contributed by atoms with E-state index in [4.69, 9.17) is 0 Å². The zero-order chi connectivity index (χ0) is 16.0. The molecule has 0 spiro atoms. The second kappa shape index (κ2) is 5.21. The third-order valence-electron chi connectivity index (χ3n) is 4.25. The number of aromatic nitrogens is 3. The van der Waals surface area contributed by atoms with Gasteiger partial charge in [-0.15, -0.1) is 0 Å². The summed E-state index contributed by atoms with van der Waals surface area (Å²) in [5, 5.41) is 3.33. The highest BCUT2D eigenvalue weighted by atomic mass is 32.2. The van der Waals surface area contributed by atoms with Crippen molar-refractivity contribution in [1.82, 2.24) is 19.7 Å². The van der Waals surface area contributed by atoms with Crippen LogP contribution in [0.5, 0.6) is 0 Å². The molecule has 6 nitrogen and oxygen atoms in total. The molecule has 1 aliphatic heterocycles. The van der Waals surface area contributed by atoms with Gasteiger partial charge in [0.15, 0.2) is 9.84 Å². The van der Waals surface area contributed by atoms with Gasteiger partial charge in [0, 0.05) is 37.4 Å². The van der Waals surface area contributed by atoms with Crippen molar-refractivity contribution in [2.24, 2.45) is 0 Å². The monoisotopic (exact) mass is 330 g/mol. The summed E-state index contributed by atoms with van der Waals surface area (Å²) < 4.78 is 25.7. The predicted molar refractivity (Wildman–Crippen MR) is 87.0 cm³/mol. The number of aromatic amines is 1. The highest BCUT2D eigenvalue weighted by Gasteiger charge is 2.29. The van der Waals surface area contributed by atoms with Gasteiger partial charge in [-0.25, -0.2) is 13.4 Å². The molecule has 0 aromatic carbocycles. The Labute approximate surface area is 134 Å². The number of H-pyrrole nitrogens is 1. The van der Waals surface area contributed by atoms with Gasteiger partial charge < -0.3 is 14.7 Å². The van der Waals surface area contributed by atoms with E-state index in [1.807, 2.05) is 22.7 Å². The van der Waals surface area contributed by atoms with Crippen LogP contribution in [0.1, 0.15) is 22.5 Å². The molecule has 0 atom stereocenters. The van der Waals surface area contributed by atoms with Gasteiger partial charge in [0.05, 0.1) is 16.3 Å². The van der Waals surface area contributed by atoms with Gasteiger partial charge in [0.25, 0.3) is 0 Å². The normalized spacial score (nSPS) is 16.0. The summed E-state index contributed by atoms with van der Waals surface area (Å²) in [6, 6.07) is 4.05. The SMILES string of the molecule is Cc1ccc2nc(CNCc3[nH]cc4c3CCS4(=O)=O)cn2c1. The Balaban J connectivity index is 1.46. The lowest BCUT2D eigenvalue weighted by molar-refractivity contribution is 0.600. The first-order valence-electron chi connectivity index (χ1n) is 7.60. The minimum absolute atomic E-state index is 0.227. The molecular formula is C16H18N4O2S. The second-order valence-electron chi connectivity index (χ2n) is 5.99. The van der Waals surface area contributed by atoms with Crippen molar-refractivity contribution in [3.05, 3.63) is 53.2 Å². The molecular weight excluding hydrogens is 312 g/mol. The van der Waals surface area contributed by atoms with Gasteiger partial charge in [0.2, 0.25) is 0 Å². The van der Waals surface area contributed by atoms with Gasteiger partial charge in [-0.2, -0.15) is 0 Å². The maximum absolute atomic E-state index is 11.8. The lowest BCUT2D eigenvalue weighted by Crippen LogP contribution is -2.14. The standard InChI is InChI=1S/C16H18N4O2S/c1-11-2-3-16-19-12(10-20(16)9-11)6-17-7-14-13-4-5-23(21,22)15(13)8-18-14/h2-3,8-10,17-18H,4-7H2,1H3. The predicted octanol–water partition coefficient (Wildman–Crippen LogP) is 1.59. The Morgan fingerprint density at radius 1 is 1.30 bits per heavy atom. The number of aryl methyl sites for hydroxylation is 1. The van der Waals surface area contributed by atoms with Crippen LogP contribution in [-0.4, -0.2) is 28.5 Å². The summed E-state index contributed by atoms with van der Waals surface area (Å²) in [6.45, 7) is 3.30. The van der Waals surface area contributed by atoms with Crippen LogP contribution in [0, 0.1) is 6.92 Å². The number of nitrogens with zero attached hydrogens (tertiary/aromatic N) is 2. The Bertz CT molecular complexity index is 985.